The molecule has 4 nitrogen and oxygen atoms in total. The standard InChI is InChI=1S/C18H15N3O/c19-18(22)17-13-16(12-11-14-7-3-1-4-8-14)21(20-17)15-9-5-2-6-10-15/h1-13H,(H2,19,22)/b12-11+. The first kappa shape index (κ1) is 13.8. The Morgan fingerprint density at radius 2 is 1.59 bits per heavy atom. The maximum atomic E-state index is 11.4. The van der Waals surface area contributed by atoms with Gasteiger partial charge in [-0.1, -0.05) is 54.6 Å². The number of hydrogen-bond donors (Lipinski definition) is 1. The van der Waals surface area contributed by atoms with Crippen molar-refractivity contribution in [3.8, 4) is 5.69 Å². The molecule has 22 heavy (non-hydrogen) atoms. The Kier molecular flexibility index (Phi) is 3.83. The van der Waals surface area contributed by atoms with Gasteiger partial charge in [0.25, 0.3) is 5.91 Å². The zero-order valence-corrected chi connectivity index (χ0v) is 11.9. The van der Waals surface area contributed by atoms with Crippen molar-refractivity contribution in [3.63, 3.8) is 0 Å². The van der Waals surface area contributed by atoms with Crippen LogP contribution in [0.4, 0.5) is 0 Å². The molecule has 1 amide bonds. The maximum absolute atomic E-state index is 11.4. The lowest BCUT2D eigenvalue weighted by atomic mass is 10.2. The van der Waals surface area contributed by atoms with E-state index in [-0.39, 0.29) is 5.69 Å². The molecule has 0 radical (unpaired) electrons. The largest absolute Gasteiger partial charge is 0.364 e. The molecule has 3 rings (SSSR count). The molecule has 2 N–H and O–H groups in total. The minimum atomic E-state index is -0.538. The number of primary amides is 1. The van der Waals surface area contributed by atoms with Crippen LogP contribution in [0.3, 0.4) is 0 Å². The number of carbonyl (C=O) groups excluding carboxylic acids is 1. The minimum Gasteiger partial charge on any atom is -0.364 e. The summed E-state index contributed by atoms with van der Waals surface area (Å²) in [7, 11) is 0. The summed E-state index contributed by atoms with van der Waals surface area (Å²) in [4.78, 5) is 11.4. The van der Waals surface area contributed by atoms with Crippen LogP contribution in [-0.4, -0.2) is 15.7 Å². The third-order valence-electron chi connectivity index (χ3n) is 3.24. The van der Waals surface area contributed by atoms with Crippen LogP contribution < -0.4 is 5.73 Å². The summed E-state index contributed by atoms with van der Waals surface area (Å²) in [6.45, 7) is 0. The second kappa shape index (κ2) is 6.10. The van der Waals surface area contributed by atoms with Crippen LogP contribution in [0.1, 0.15) is 21.7 Å². The van der Waals surface area contributed by atoms with Gasteiger partial charge in [-0.15, -0.1) is 0 Å². The summed E-state index contributed by atoms with van der Waals surface area (Å²) in [5.41, 5.74) is 8.34. The fourth-order valence-electron chi connectivity index (χ4n) is 2.16. The minimum absolute atomic E-state index is 0.247. The Bertz CT molecular complexity index is 805. The average molecular weight is 289 g/mol. The Morgan fingerprint density at radius 1 is 0.955 bits per heavy atom. The zero-order valence-electron chi connectivity index (χ0n) is 11.9. The molecular weight excluding hydrogens is 274 g/mol. The van der Waals surface area contributed by atoms with Gasteiger partial charge in [-0.05, 0) is 29.8 Å². The highest BCUT2D eigenvalue weighted by Crippen LogP contribution is 2.15. The fourth-order valence-corrected chi connectivity index (χ4v) is 2.16. The van der Waals surface area contributed by atoms with Crippen LogP contribution in [0.25, 0.3) is 17.8 Å². The average Bonchev–Trinajstić information content (AvgIpc) is 2.99. The first-order valence-corrected chi connectivity index (χ1v) is 6.92. The molecule has 4 heteroatoms. The number of carbonyl (C=O) groups is 1. The van der Waals surface area contributed by atoms with E-state index in [1.807, 2.05) is 72.8 Å². The van der Waals surface area contributed by atoms with Gasteiger partial charge < -0.3 is 5.73 Å². The quantitative estimate of drug-likeness (QED) is 0.802. The van der Waals surface area contributed by atoms with Gasteiger partial charge >= 0.3 is 0 Å². The molecule has 0 unspecified atom stereocenters. The van der Waals surface area contributed by atoms with E-state index in [4.69, 9.17) is 5.73 Å². The number of aromatic nitrogens is 2. The van der Waals surface area contributed by atoms with Crippen LogP contribution in [-0.2, 0) is 0 Å². The summed E-state index contributed by atoms with van der Waals surface area (Å²) < 4.78 is 1.71. The summed E-state index contributed by atoms with van der Waals surface area (Å²) in [6, 6.07) is 21.3. The second-order valence-corrected chi connectivity index (χ2v) is 4.81. The van der Waals surface area contributed by atoms with Gasteiger partial charge in [0.1, 0.15) is 0 Å². The molecule has 108 valence electrons. The number of amides is 1. The number of benzene rings is 2. The van der Waals surface area contributed by atoms with Crippen LogP contribution in [0.5, 0.6) is 0 Å². The summed E-state index contributed by atoms with van der Waals surface area (Å²) in [5.74, 6) is -0.538. The van der Waals surface area contributed by atoms with Gasteiger partial charge in [0.15, 0.2) is 5.69 Å². The summed E-state index contributed by atoms with van der Waals surface area (Å²) in [6.07, 6.45) is 3.89. The zero-order chi connectivity index (χ0) is 15.4. The van der Waals surface area contributed by atoms with Gasteiger partial charge in [0.05, 0.1) is 11.4 Å². The van der Waals surface area contributed by atoms with Crippen molar-refractivity contribution in [1.29, 1.82) is 0 Å². The molecule has 0 saturated carbocycles. The number of para-hydroxylation sites is 1. The lowest BCUT2D eigenvalue weighted by Crippen LogP contribution is -2.12. The molecule has 3 aromatic rings. The Hall–Kier alpha value is -3.14. The molecular formula is C18H15N3O. The molecule has 0 aliphatic carbocycles. The second-order valence-electron chi connectivity index (χ2n) is 4.81. The number of nitrogens with two attached hydrogens (primary N) is 1. The molecule has 0 saturated heterocycles. The number of nitrogens with zero attached hydrogens (tertiary/aromatic N) is 2. The highest BCUT2D eigenvalue weighted by Gasteiger charge is 2.11. The Balaban J connectivity index is 2.03. The van der Waals surface area contributed by atoms with Gasteiger partial charge in [-0.3, -0.25) is 4.79 Å². The molecule has 1 heterocycles. The third kappa shape index (κ3) is 2.96. The van der Waals surface area contributed by atoms with Crippen LogP contribution in [0.2, 0.25) is 0 Å². The lowest BCUT2D eigenvalue weighted by Gasteiger charge is -2.03. The van der Waals surface area contributed by atoms with Crippen molar-refractivity contribution in [2.24, 2.45) is 5.73 Å². The van der Waals surface area contributed by atoms with Crippen molar-refractivity contribution in [3.05, 3.63) is 83.7 Å². The predicted octanol–water partition coefficient (Wildman–Crippen LogP) is 3.14. The third-order valence-corrected chi connectivity index (χ3v) is 3.24. The van der Waals surface area contributed by atoms with E-state index in [2.05, 4.69) is 5.10 Å². The first-order chi connectivity index (χ1) is 10.7. The predicted molar refractivity (Wildman–Crippen MR) is 87.5 cm³/mol. The lowest BCUT2D eigenvalue weighted by molar-refractivity contribution is 0.0995. The van der Waals surface area contributed by atoms with E-state index in [9.17, 15) is 4.79 Å². The topological polar surface area (TPSA) is 60.9 Å². The monoisotopic (exact) mass is 289 g/mol. The number of rotatable bonds is 4. The molecule has 0 aliphatic rings. The van der Waals surface area contributed by atoms with Crippen LogP contribution in [0, 0.1) is 0 Å². The molecule has 0 bridgehead atoms. The van der Waals surface area contributed by atoms with Gasteiger partial charge in [0, 0.05) is 0 Å². The SMILES string of the molecule is NC(=O)c1cc(/C=C/c2ccccc2)n(-c2ccccc2)n1. The summed E-state index contributed by atoms with van der Waals surface area (Å²) in [5, 5.41) is 4.28. The van der Waals surface area contributed by atoms with Crippen molar-refractivity contribution in [2.45, 2.75) is 0 Å². The van der Waals surface area contributed by atoms with Crippen molar-refractivity contribution < 1.29 is 4.79 Å². The highest BCUT2D eigenvalue weighted by atomic mass is 16.1. The van der Waals surface area contributed by atoms with Crippen molar-refractivity contribution >= 4 is 18.1 Å². The smallest absolute Gasteiger partial charge is 0.269 e. The van der Waals surface area contributed by atoms with E-state index in [1.54, 1.807) is 10.7 Å². The van der Waals surface area contributed by atoms with Gasteiger partial charge in [-0.2, -0.15) is 5.10 Å². The van der Waals surface area contributed by atoms with E-state index < -0.39 is 5.91 Å². The Labute approximate surface area is 128 Å². The molecule has 0 atom stereocenters. The van der Waals surface area contributed by atoms with E-state index in [0.717, 1.165) is 16.9 Å². The van der Waals surface area contributed by atoms with Gasteiger partial charge in [0.2, 0.25) is 0 Å². The van der Waals surface area contributed by atoms with Crippen LogP contribution >= 0.6 is 0 Å². The molecule has 2 aromatic carbocycles. The molecule has 1 aromatic heterocycles. The van der Waals surface area contributed by atoms with Crippen molar-refractivity contribution in [1.82, 2.24) is 9.78 Å². The van der Waals surface area contributed by atoms with Gasteiger partial charge in [-0.25, -0.2) is 4.68 Å². The van der Waals surface area contributed by atoms with Crippen molar-refractivity contribution in [2.75, 3.05) is 0 Å². The van der Waals surface area contributed by atoms with E-state index >= 15 is 0 Å². The van der Waals surface area contributed by atoms with E-state index in [0.29, 0.717) is 0 Å². The van der Waals surface area contributed by atoms with E-state index in [1.165, 1.54) is 0 Å². The van der Waals surface area contributed by atoms with Crippen LogP contribution in [0.15, 0.2) is 66.7 Å². The Morgan fingerprint density at radius 3 is 2.23 bits per heavy atom. The maximum Gasteiger partial charge on any atom is 0.269 e. The fraction of sp³-hybridized carbons (Fsp3) is 0. The highest BCUT2D eigenvalue weighted by molar-refractivity contribution is 5.91. The first-order valence-electron chi connectivity index (χ1n) is 6.92. The molecule has 0 fully saturated rings. The summed E-state index contributed by atoms with van der Waals surface area (Å²) >= 11 is 0. The number of hydrogen-bond acceptors (Lipinski definition) is 2. The molecule has 0 spiro atoms. The normalized spacial score (nSPS) is 10.9. The molecule has 0 aliphatic heterocycles.